The van der Waals surface area contributed by atoms with Crippen molar-refractivity contribution in [1.29, 1.82) is 0 Å². The standard InChI is InChI=1S/C14H9ClF3NO2/c15-11-6-8(14(16,17)18)2-3-9(11)7-1-4-12(20)10(5-7)13(19)21/h1-6,20H,(H2,19,21). The summed E-state index contributed by atoms with van der Waals surface area (Å²) in [6.07, 6.45) is -4.49. The summed E-state index contributed by atoms with van der Waals surface area (Å²) in [5.41, 5.74) is 4.77. The molecule has 2 rings (SSSR count). The molecule has 3 N–H and O–H groups in total. The molecule has 0 radical (unpaired) electrons. The molecule has 0 aliphatic rings. The second-order valence-electron chi connectivity index (χ2n) is 4.29. The molecular formula is C14H9ClF3NO2. The number of rotatable bonds is 2. The van der Waals surface area contributed by atoms with Crippen LogP contribution in [0.15, 0.2) is 36.4 Å². The Bertz CT molecular complexity index is 714. The van der Waals surface area contributed by atoms with E-state index in [0.717, 1.165) is 12.1 Å². The van der Waals surface area contributed by atoms with Crippen LogP contribution < -0.4 is 5.73 Å². The summed E-state index contributed by atoms with van der Waals surface area (Å²) in [4.78, 5) is 11.2. The lowest BCUT2D eigenvalue weighted by molar-refractivity contribution is -0.137. The molecule has 0 aromatic heterocycles. The maximum atomic E-state index is 12.6. The van der Waals surface area contributed by atoms with Crippen LogP contribution in [0.1, 0.15) is 15.9 Å². The summed E-state index contributed by atoms with van der Waals surface area (Å²) >= 11 is 5.86. The third-order valence-corrected chi connectivity index (χ3v) is 3.18. The van der Waals surface area contributed by atoms with Gasteiger partial charge in [-0.2, -0.15) is 13.2 Å². The Hall–Kier alpha value is -2.21. The van der Waals surface area contributed by atoms with Gasteiger partial charge in [0.2, 0.25) is 0 Å². The number of hydrogen-bond donors (Lipinski definition) is 2. The number of hydrogen-bond acceptors (Lipinski definition) is 2. The van der Waals surface area contributed by atoms with Gasteiger partial charge in [-0.1, -0.05) is 23.7 Å². The molecule has 3 nitrogen and oxygen atoms in total. The van der Waals surface area contributed by atoms with Crippen molar-refractivity contribution >= 4 is 17.5 Å². The van der Waals surface area contributed by atoms with Gasteiger partial charge >= 0.3 is 6.18 Å². The Balaban J connectivity index is 2.53. The van der Waals surface area contributed by atoms with Crippen LogP contribution in [0.2, 0.25) is 5.02 Å². The molecule has 7 heteroatoms. The fourth-order valence-electron chi connectivity index (χ4n) is 1.83. The minimum absolute atomic E-state index is 0.120. The maximum Gasteiger partial charge on any atom is 0.416 e. The van der Waals surface area contributed by atoms with Crippen molar-refractivity contribution in [3.05, 3.63) is 52.5 Å². The van der Waals surface area contributed by atoms with Gasteiger partial charge in [0.1, 0.15) is 5.75 Å². The average Bonchev–Trinajstić information content (AvgIpc) is 2.38. The van der Waals surface area contributed by atoms with Crippen molar-refractivity contribution in [2.75, 3.05) is 0 Å². The second-order valence-corrected chi connectivity index (χ2v) is 4.70. The van der Waals surface area contributed by atoms with E-state index in [4.69, 9.17) is 17.3 Å². The molecule has 0 saturated carbocycles. The molecule has 0 heterocycles. The van der Waals surface area contributed by atoms with E-state index in [0.29, 0.717) is 11.1 Å². The lowest BCUT2D eigenvalue weighted by atomic mass is 10.0. The fourth-order valence-corrected chi connectivity index (χ4v) is 2.12. The Labute approximate surface area is 122 Å². The number of nitrogens with two attached hydrogens (primary N) is 1. The van der Waals surface area contributed by atoms with E-state index < -0.39 is 17.6 Å². The molecule has 21 heavy (non-hydrogen) atoms. The van der Waals surface area contributed by atoms with Crippen molar-refractivity contribution < 1.29 is 23.1 Å². The van der Waals surface area contributed by atoms with Crippen molar-refractivity contribution in [1.82, 2.24) is 0 Å². The van der Waals surface area contributed by atoms with Gasteiger partial charge in [0.05, 0.1) is 11.1 Å². The van der Waals surface area contributed by atoms with E-state index in [9.17, 15) is 23.1 Å². The summed E-state index contributed by atoms with van der Waals surface area (Å²) in [6, 6.07) is 6.81. The summed E-state index contributed by atoms with van der Waals surface area (Å²) < 4.78 is 37.7. The minimum atomic E-state index is -4.49. The zero-order valence-electron chi connectivity index (χ0n) is 10.4. The molecule has 0 bridgehead atoms. The zero-order valence-corrected chi connectivity index (χ0v) is 11.2. The average molecular weight is 316 g/mol. The third kappa shape index (κ3) is 3.11. The SMILES string of the molecule is NC(=O)c1cc(-c2ccc(C(F)(F)F)cc2Cl)ccc1O. The van der Waals surface area contributed by atoms with Gasteiger partial charge in [-0.05, 0) is 29.8 Å². The largest absolute Gasteiger partial charge is 0.507 e. The lowest BCUT2D eigenvalue weighted by Gasteiger charge is -2.11. The summed E-state index contributed by atoms with van der Waals surface area (Å²) in [7, 11) is 0. The van der Waals surface area contributed by atoms with Crippen LogP contribution in [-0.2, 0) is 6.18 Å². The van der Waals surface area contributed by atoms with Crippen molar-refractivity contribution in [2.45, 2.75) is 6.18 Å². The van der Waals surface area contributed by atoms with Crippen LogP contribution in [0.3, 0.4) is 0 Å². The van der Waals surface area contributed by atoms with Crippen LogP contribution in [0, 0.1) is 0 Å². The lowest BCUT2D eigenvalue weighted by Crippen LogP contribution is -2.11. The first-order valence-electron chi connectivity index (χ1n) is 5.70. The number of alkyl halides is 3. The number of halogens is 4. The molecular weight excluding hydrogens is 307 g/mol. The third-order valence-electron chi connectivity index (χ3n) is 2.87. The van der Waals surface area contributed by atoms with Gasteiger partial charge in [-0.3, -0.25) is 4.79 Å². The number of benzene rings is 2. The molecule has 2 aromatic carbocycles. The molecule has 2 aromatic rings. The summed E-state index contributed by atoms with van der Waals surface area (Å²) in [5.74, 6) is -1.16. The monoisotopic (exact) mass is 315 g/mol. The summed E-state index contributed by atoms with van der Waals surface area (Å²) in [6.45, 7) is 0. The van der Waals surface area contributed by atoms with Crippen LogP contribution in [0.5, 0.6) is 5.75 Å². The van der Waals surface area contributed by atoms with Gasteiger partial charge in [-0.15, -0.1) is 0 Å². The van der Waals surface area contributed by atoms with Crippen molar-refractivity contribution in [3.63, 3.8) is 0 Å². The highest BCUT2D eigenvalue weighted by atomic mass is 35.5. The highest BCUT2D eigenvalue weighted by Gasteiger charge is 2.31. The first kappa shape index (κ1) is 15.2. The number of carbonyl (C=O) groups is 1. The molecule has 0 aliphatic carbocycles. The van der Waals surface area contributed by atoms with Crippen LogP contribution >= 0.6 is 11.6 Å². The molecule has 0 saturated heterocycles. The van der Waals surface area contributed by atoms with Crippen LogP contribution in [0.4, 0.5) is 13.2 Å². The Morgan fingerprint density at radius 1 is 1.14 bits per heavy atom. The molecule has 0 aliphatic heterocycles. The molecule has 0 unspecified atom stereocenters. The highest BCUT2D eigenvalue weighted by Crippen LogP contribution is 2.36. The van der Waals surface area contributed by atoms with Gasteiger partial charge in [0.25, 0.3) is 5.91 Å². The summed E-state index contributed by atoms with van der Waals surface area (Å²) in [5, 5.41) is 9.37. The molecule has 110 valence electrons. The highest BCUT2D eigenvalue weighted by molar-refractivity contribution is 6.33. The first-order chi connectivity index (χ1) is 9.70. The zero-order chi connectivity index (χ0) is 15.8. The quantitative estimate of drug-likeness (QED) is 0.884. The predicted molar refractivity (Wildman–Crippen MR) is 72.1 cm³/mol. The van der Waals surface area contributed by atoms with E-state index in [1.54, 1.807) is 0 Å². The van der Waals surface area contributed by atoms with Crippen LogP contribution in [0.25, 0.3) is 11.1 Å². The fraction of sp³-hybridized carbons (Fsp3) is 0.0714. The number of carbonyl (C=O) groups excluding carboxylic acids is 1. The molecule has 0 spiro atoms. The topological polar surface area (TPSA) is 63.3 Å². The minimum Gasteiger partial charge on any atom is -0.507 e. The van der Waals surface area contributed by atoms with E-state index >= 15 is 0 Å². The first-order valence-corrected chi connectivity index (χ1v) is 6.08. The van der Waals surface area contributed by atoms with E-state index in [-0.39, 0.29) is 16.3 Å². The smallest absolute Gasteiger partial charge is 0.416 e. The van der Waals surface area contributed by atoms with Gasteiger partial charge in [-0.25, -0.2) is 0 Å². The number of primary amides is 1. The molecule has 0 atom stereocenters. The second kappa shape index (κ2) is 5.29. The Morgan fingerprint density at radius 3 is 2.33 bits per heavy atom. The maximum absolute atomic E-state index is 12.6. The van der Waals surface area contributed by atoms with Crippen molar-refractivity contribution in [3.8, 4) is 16.9 Å². The molecule has 0 fully saturated rings. The number of phenols is 1. The number of aromatic hydroxyl groups is 1. The predicted octanol–water partition coefficient (Wildman–Crippen LogP) is 3.83. The molecule has 1 amide bonds. The van der Waals surface area contributed by atoms with Gasteiger partial charge < -0.3 is 10.8 Å². The Kier molecular flexibility index (Phi) is 3.82. The van der Waals surface area contributed by atoms with E-state index in [1.165, 1.54) is 24.3 Å². The normalized spacial score (nSPS) is 11.4. The van der Waals surface area contributed by atoms with E-state index in [2.05, 4.69) is 0 Å². The Morgan fingerprint density at radius 2 is 1.81 bits per heavy atom. The van der Waals surface area contributed by atoms with Crippen LogP contribution in [-0.4, -0.2) is 11.0 Å². The van der Waals surface area contributed by atoms with E-state index in [1.807, 2.05) is 0 Å². The number of amides is 1. The van der Waals surface area contributed by atoms with Gasteiger partial charge in [0.15, 0.2) is 0 Å². The van der Waals surface area contributed by atoms with Gasteiger partial charge in [0, 0.05) is 10.6 Å². The van der Waals surface area contributed by atoms with Crippen molar-refractivity contribution in [2.24, 2.45) is 5.73 Å².